The zero-order chi connectivity index (χ0) is 11.1. The summed E-state index contributed by atoms with van der Waals surface area (Å²) in [6.07, 6.45) is 0. The highest BCUT2D eigenvalue weighted by molar-refractivity contribution is 7.99. The number of halogens is 1. The van der Waals surface area contributed by atoms with Crippen LogP contribution in [0.4, 0.5) is 0 Å². The van der Waals surface area contributed by atoms with Gasteiger partial charge in [-0.15, -0.1) is 11.8 Å². The van der Waals surface area contributed by atoms with Crippen molar-refractivity contribution in [3.63, 3.8) is 0 Å². The molecule has 0 heterocycles. The van der Waals surface area contributed by atoms with Gasteiger partial charge in [0.25, 0.3) is 0 Å². The molecule has 0 bridgehead atoms. The van der Waals surface area contributed by atoms with Crippen molar-refractivity contribution in [3.8, 4) is 0 Å². The van der Waals surface area contributed by atoms with Gasteiger partial charge < -0.3 is 5.32 Å². The number of benzene rings is 1. The molecule has 84 valence electrons. The first kappa shape index (κ1) is 12.9. The lowest BCUT2D eigenvalue weighted by Crippen LogP contribution is -2.22. The van der Waals surface area contributed by atoms with E-state index in [0.29, 0.717) is 0 Å². The Balaban J connectivity index is 2.18. The van der Waals surface area contributed by atoms with Crippen molar-refractivity contribution >= 4 is 23.4 Å². The third-order valence-corrected chi connectivity index (χ3v) is 3.44. The molecule has 0 amide bonds. The SMILES string of the molecule is CC(C)CNCCSc1ccccc1Cl. The second-order valence-corrected chi connectivity index (χ2v) is 5.42. The Labute approximate surface area is 102 Å². The van der Waals surface area contributed by atoms with E-state index in [0.717, 1.165) is 29.8 Å². The average Bonchev–Trinajstić information content (AvgIpc) is 2.20. The van der Waals surface area contributed by atoms with E-state index >= 15 is 0 Å². The normalized spacial score (nSPS) is 10.9. The minimum Gasteiger partial charge on any atom is -0.316 e. The standard InChI is InChI=1S/C12H18ClNS/c1-10(2)9-14-7-8-15-12-6-4-3-5-11(12)13/h3-6,10,14H,7-9H2,1-2H3. The van der Waals surface area contributed by atoms with Crippen LogP contribution in [-0.2, 0) is 0 Å². The van der Waals surface area contributed by atoms with Crippen LogP contribution in [0.3, 0.4) is 0 Å². The van der Waals surface area contributed by atoms with Crippen molar-refractivity contribution in [1.82, 2.24) is 5.32 Å². The summed E-state index contributed by atoms with van der Waals surface area (Å²) in [5, 5.41) is 4.26. The van der Waals surface area contributed by atoms with Crippen LogP contribution in [0.25, 0.3) is 0 Å². The highest BCUT2D eigenvalue weighted by atomic mass is 35.5. The lowest BCUT2D eigenvalue weighted by atomic mass is 10.2. The molecule has 0 saturated heterocycles. The molecule has 0 atom stereocenters. The fourth-order valence-electron chi connectivity index (χ4n) is 1.19. The Kier molecular flexibility index (Phi) is 6.15. The molecule has 0 aliphatic carbocycles. The second kappa shape index (κ2) is 7.15. The minimum atomic E-state index is 0.718. The van der Waals surface area contributed by atoms with Crippen LogP contribution in [0.5, 0.6) is 0 Å². The summed E-state index contributed by atoms with van der Waals surface area (Å²) in [4.78, 5) is 1.17. The van der Waals surface area contributed by atoms with Crippen molar-refractivity contribution in [2.24, 2.45) is 5.92 Å². The largest absolute Gasteiger partial charge is 0.316 e. The number of rotatable bonds is 6. The minimum absolute atomic E-state index is 0.718. The molecule has 0 aliphatic heterocycles. The monoisotopic (exact) mass is 243 g/mol. The number of thioether (sulfide) groups is 1. The van der Waals surface area contributed by atoms with Gasteiger partial charge in [0.1, 0.15) is 0 Å². The lowest BCUT2D eigenvalue weighted by Gasteiger charge is -2.07. The summed E-state index contributed by atoms with van der Waals surface area (Å²) >= 11 is 7.85. The van der Waals surface area contributed by atoms with Crippen molar-refractivity contribution in [3.05, 3.63) is 29.3 Å². The molecule has 1 N–H and O–H groups in total. The molecule has 1 nitrogen and oxygen atoms in total. The molecule has 1 aromatic rings. The van der Waals surface area contributed by atoms with Gasteiger partial charge in [-0.3, -0.25) is 0 Å². The van der Waals surface area contributed by atoms with E-state index in [2.05, 4.69) is 25.2 Å². The topological polar surface area (TPSA) is 12.0 Å². The highest BCUT2D eigenvalue weighted by Gasteiger charge is 1.99. The molecule has 1 aromatic carbocycles. The highest BCUT2D eigenvalue weighted by Crippen LogP contribution is 2.25. The van der Waals surface area contributed by atoms with Crippen molar-refractivity contribution < 1.29 is 0 Å². The van der Waals surface area contributed by atoms with Crippen LogP contribution in [-0.4, -0.2) is 18.8 Å². The van der Waals surface area contributed by atoms with E-state index in [4.69, 9.17) is 11.6 Å². The van der Waals surface area contributed by atoms with E-state index in [1.54, 1.807) is 11.8 Å². The van der Waals surface area contributed by atoms with E-state index in [-0.39, 0.29) is 0 Å². The van der Waals surface area contributed by atoms with Gasteiger partial charge in [0, 0.05) is 17.2 Å². The summed E-state index contributed by atoms with van der Waals surface area (Å²) in [6, 6.07) is 7.99. The smallest absolute Gasteiger partial charge is 0.0541 e. The molecule has 0 unspecified atom stereocenters. The predicted molar refractivity (Wildman–Crippen MR) is 69.9 cm³/mol. The van der Waals surface area contributed by atoms with Crippen LogP contribution in [0.2, 0.25) is 5.02 Å². The molecule has 3 heteroatoms. The summed E-state index contributed by atoms with van der Waals surface area (Å²) in [5.41, 5.74) is 0. The van der Waals surface area contributed by atoms with Crippen LogP contribution in [0.1, 0.15) is 13.8 Å². The molecular formula is C12H18ClNS. The van der Waals surface area contributed by atoms with E-state index in [9.17, 15) is 0 Å². The Morgan fingerprint density at radius 3 is 2.73 bits per heavy atom. The van der Waals surface area contributed by atoms with Gasteiger partial charge in [-0.05, 0) is 24.6 Å². The van der Waals surface area contributed by atoms with Crippen LogP contribution in [0, 0.1) is 5.92 Å². The van der Waals surface area contributed by atoms with Crippen molar-refractivity contribution in [2.75, 3.05) is 18.8 Å². The zero-order valence-corrected chi connectivity index (χ0v) is 10.9. The molecule has 15 heavy (non-hydrogen) atoms. The summed E-state index contributed by atoms with van der Waals surface area (Å²) < 4.78 is 0. The van der Waals surface area contributed by atoms with Gasteiger partial charge in [0.15, 0.2) is 0 Å². The molecule has 0 spiro atoms. The van der Waals surface area contributed by atoms with Crippen LogP contribution in [0.15, 0.2) is 29.2 Å². The molecule has 0 fully saturated rings. The van der Waals surface area contributed by atoms with E-state index in [1.165, 1.54) is 4.90 Å². The quantitative estimate of drug-likeness (QED) is 0.604. The molecule has 0 aromatic heterocycles. The maximum atomic E-state index is 6.05. The summed E-state index contributed by atoms with van der Waals surface area (Å²) in [6.45, 7) is 6.56. The second-order valence-electron chi connectivity index (χ2n) is 3.88. The molecule has 1 rings (SSSR count). The van der Waals surface area contributed by atoms with E-state index in [1.807, 2.05) is 18.2 Å². The summed E-state index contributed by atoms with van der Waals surface area (Å²) in [7, 11) is 0. The van der Waals surface area contributed by atoms with Crippen LogP contribution >= 0.6 is 23.4 Å². The predicted octanol–water partition coefficient (Wildman–Crippen LogP) is 3.68. The fraction of sp³-hybridized carbons (Fsp3) is 0.500. The first-order valence-electron chi connectivity index (χ1n) is 5.28. The molecule has 0 aliphatic rings. The van der Waals surface area contributed by atoms with Gasteiger partial charge in [0.2, 0.25) is 0 Å². The van der Waals surface area contributed by atoms with Crippen LogP contribution < -0.4 is 5.32 Å². The first-order valence-corrected chi connectivity index (χ1v) is 6.64. The Morgan fingerprint density at radius 1 is 1.33 bits per heavy atom. The van der Waals surface area contributed by atoms with Gasteiger partial charge in [0.05, 0.1) is 5.02 Å². The third-order valence-electron chi connectivity index (χ3n) is 1.93. The molecule has 0 saturated carbocycles. The Hall–Kier alpha value is -0.180. The Bertz CT molecular complexity index is 289. The van der Waals surface area contributed by atoms with Gasteiger partial charge >= 0.3 is 0 Å². The number of nitrogens with one attached hydrogen (secondary N) is 1. The maximum absolute atomic E-state index is 6.05. The zero-order valence-electron chi connectivity index (χ0n) is 9.29. The van der Waals surface area contributed by atoms with Gasteiger partial charge in [-0.25, -0.2) is 0 Å². The first-order chi connectivity index (χ1) is 7.20. The number of hydrogen-bond acceptors (Lipinski definition) is 2. The molecule has 0 radical (unpaired) electrons. The van der Waals surface area contributed by atoms with Gasteiger partial charge in [-0.1, -0.05) is 37.6 Å². The lowest BCUT2D eigenvalue weighted by molar-refractivity contribution is 0.568. The maximum Gasteiger partial charge on any atom is 0.0541 e. The van der Waals surface area contributed by atoms with E-state index < -0.39 is 0 Å². The van der Waals surface area contributed by atoms with Gasteiger partial charge in [-0.2, -0.15) is 0 Å². The average molecular weight is 244 g/mol. The fourth-order valence-corrected chi connectivity index (χ4v) is 2.33. The number of hydrogen-bond donors (Lipinski definition) is 1. The Morgan fingerprint density at radius 2 is 2.07 bits per heavy atom. The molecular weight excluding hydrogens is 226 g/mol. The summed E-state index contributed by atoms with van der Waals surface area (Å²) in [5.74, 6) is 1.78. The third kappa shape index (κ3) is 5.45. The van der Waals surface area contributed by atoms with Crippen molar-refractivity contribution in [2.45, 2.75) is 18.7 Å². The van der Waals surface area contributed by atoms with Crippen molar-refractivity contribution in [1.29, 1.82) is 0 Å².